The van der Waals surface area contributed by atoms with E-state index < -0.39 is 39.1 Å². The molecule has 0 radical (unpaired) electrons. The number of urea groups is 1. The quantitative estimate of drug-likeness (QED) is 0.437. The van der Waals surface area contributed by atoms with Gasteiger partial charge in [0.2, 0.25) is 0 Å². The first-order valence-electron chi connectivity index (χ1n) is 10.7. The Hall–Kier alpha value is -3.19. The fourth-order valence-corrected chi connectivity index (χ4v) is 5.05. The van der Waals surface area contributed by atoms with Crippen molar-refractivity contribution in [3.05, 3.63) is 81.1 Å². The third-order valence-corrected chi connectivity index (χ3v) is 7.35. The Balaban J connectivity index is 1.49. The van der Waals surface area contributed by atoms with Crippen LogP contribution in [-0.2, 0) is 27.9 Å². The molecule has 14 heteroatoms. The lowest BCUT2D eigenvalue weighted by Gasteiger charge is -2.20. The molecule has 2 N–H and O–H groups in total. The highest BCUT2D eigenvalue weighted by Gasteiger charge is 2.25. The van der Waals surface area contributed by atoms with E-state index in [2.05, 4.69) is 10.4 Å². The molecule has 0 bridgehead atoms. The first kappa shape index (κ1) is 26.9. The number of halogens is 4. The first-order chi connectivity index (χ1) is 17.6. The van der Waals surface area contributed by atoms with Crippen LogP contribution in [0.2, 0.25) is 10.0 Å². The number of rotatable bonds is 7. The summed E-state index contributed by atoms with van der Waals surface area (Å²) in [5, 5.41) is 7.35. The molecule has 1 aromatic heterocycles. The minimum Gasteiger partial charge on any atom is -0.494 e. The summed E-state index contributed by atoms with van der Waals surface area (Å²) in [4.78, 5) is 11.7. The maximum absolute atomic E-state index is 15.2. The highest BCUT2D eigenvalue weighted by Crippen LogP contribution is 2.30. The van der Waals surface area contributed by atoms with E-state index in [0.29, 0.717) is 32.9 Å². The van der Waals surface area contributed by atoms with Crippen LogP contribution in [0.1, 0.15) is 16.8 Å². The Morgan fingerprint density at radius 2 is 2.00 bits per heavy atom. The van der Waals surface area contributed by atoms with Crippen LogP contribution in [0.25, 0.3) is 5.57 Å². The summed E-state index contributed by atoms with van der Waals surface area (Å²) in [6.07, 6.45) is 1.55. The predicted molar refractivity (Wildman–Crippen MR) is 132 cm³/mol. The summed E-state index contributed by atoms with van der Waals surface area (Å²) in [5.74, 6) is -1.84. The van der Waals surface area contributed by atoms with Crippen molar-refractivity contribution in [2.75, 3.05) is 20.3 Å². The van der Waals surface area contributed by atoms with Gasteiger partial charge in [0.05, 0.1) is 50.2 Å². The Bertz CT molecular complexity index is 1490. The van der Waals surface area contributed by atoms with Crippen molar-refractivity contribution in [1.82, 2.24) is 19.8 Å². The molecular formula is C23H20Cl2F2N4O5S. The molecule has 1 aliphatic rings. The topological polar surface area (TPSA) is 112 Å². The molecule has 3 aromatic rings. The number of fused-ring (bicyclic) bond motifs is 1. The second-order valence-electron chi connectivity index (χ2n) is 7.87. The third kappa shape index (κ3) is 6.04. The van der Waals surface area contributed by atoms with Crippen molar-refractivity contribution in [3.8, 4) is 5.75 Å². The largest absolute Gasteiger partial charge is 0.494 e. The molecule has 1 aliphatic heterocycles. The monoisotopic (exact) mass is 572 g/mol. The highest BCUT2D eigenvalue weighted by molar-refractivity contribution is 7.90. The standard InChI is InChI=1S/C23H20Cl2F2N4O5S/c1-35-21-5-4-16(7-19(21)26)37(33,34)30-23(32)28-9-20(27)17-12-36-11-14-8-29-31(22(14)17)10-13-2-3-15(24)6-18(13)25/h2-8H,9-12H2,1H3,(H2,28,30,32)/b20-17-. The number of nitrogens with one attached hydrogen (secondary N) is 2. The molecule has 0 aliphatic carbocycles. The van der Waals surface area contributed by atoms with Gasteiger partial charge in [-0.25, -0.2) is 26.7 Å². The van der Waals surface area contributed by atoms with Crippen molar-refractivity contribution in [3.63, 3.8) is 0 Å². The fourth-order valence-electron chi connectivity index (χ4n) is 3.64. The number of ether oxygens (including phenoxy) is 2. The average molecular weight is 573 g/mol. The SMILES string of the molecule is COc1ccc(S(=O)(=O)NC(=O)NC/C(F)=C2\COCc3cnn(Cc4ccc(Cl)cc4Cl)c32)cc1F. The van der Waals surface area contributed by atoms with Gasteiger partial charge in [-0.3, -0.25) is 4.68 Å². The number of methoxy groups -OCH3 is 1. The molecule has 2 heterocycles. The van der Waals surface area contributed by atoms with Crippen LogP contribution < -0.4 is 14.8 Å². The molecule has 37 heavy (non-hydrogen) atoms. The zero-order chi connectivity index (χ0) is 26.7. The number of amides is 2. The van der Waals surface area contributed by atoms with E-state index in [4.69, 9.17) is 32.7 Å². The van der Waals surface area contributed by atoms with Crippen LogP contribution in [0, 0.1) is 5.82 Å². The van der Waals surface area contributed by atoms with E-state index in [0.717, 1.165) is 12.1 Å². The third-order valence-electron chi connectivity index (χ3n) is 5.43. The predicted octanol–water partition coefficient (Wildman–Crippen LogP) is 4.28. The van der Waals surface area contributed by atoms with Gasteiger partial charge in [-0.05, 0) is 35.9 Å². The molecular weight excluding hydrogens is 553 g/mol. The number of benzene rings is 2. The Morgan fingerprint density at radius 1 is 1.22 bits per heavy atom. The van der Waals surface area contributed by atoms with Crippen LogP contribution in [0.3, 0.4) is 0 Å². The smallest absolute Gasteiger partial charge is 0.329 e. The van der Waals surface area contributed by atoms with E-state index in [9.17, 15) is 17.6 Å². The minimum atomic E-state index is -4.42. The van der Waals surface area contributed by atoms with Crippen molar-refractivity contribution in [2.45, 2.75) is 18.0 Å². The molecule has 9 nitrogen and oxygen atoms in total. The lowest BCUT2D eigenvalue weighted by atomic mass is 10.1. The summed E-state index contributed by atoms with van der Waals surface area (Å²) in [6.45, 7) is -0.285. The van der Waals surface area contributed by atoms with Gasteiger partial charge in [0, 0.05) is 21.2 Å². The highest BCUT2D eigenvalue weighted by atomic mass is 35.5. The van der Waals surface area contributed by atoms with Crippen molar-refractivity contribution >= 4 is 44.8 Å². The van der Waals surface area contributed by atoms with Crippen LogP contribution in [0.5, 0.6) is 5.75 Å². The Kier molecular flexibility index (Phi) is 8.02. The molecule has 196 valence electrons. The zero-order valence-corrected chi connectivity index (χ0v) is 21.6. The van der Waals surface area contributed by atoms with Gasteiger partial charge >= 0.3 is 6.03 Å². The molecule has 2 amide bonds. The molecule has 0 spiro atoms. The molecule has 0 atom stereocenters. The van der Waals surface area contributed by atoms with E-state index >= 15 is 4.39 Å². The second kappa shape index (κ2) is 11.1. The second-order valence-corrected chi connectivity index (χ2v) is 10.4. The number of carbonyl (C=O) groups is 1. The van der Waals surface area contributed by atoms with Gasteiger partial charge in [0.1, 0.15) is 5.83 Å². The zero-order valence-electron chi connectivity index (χ0n) is 19.2. The molecule has 0 saturated heterocycles. The van der Waals surface area contributed by atoms with Crippen molar-refractivity contribution < 1.29 is 31.5 Å². The first-order valence-corrected chi connectivity index (χ1v) is 12.9. The summed E-state index contributed by atoms with van der Waals surface area (Å²) in [7, 11) is -3.20. The van der Waals surface area contributed by atoms with E-state index in [1.165, 1.54) is 7.11 Å². The summed E-state index contributed by atoms with van der Waals surface area (Å²) >= 11 is 12.2. The summed E-state index contributed by atoms with van der Waals surface area (Å²) in [6, 6.07) is 6.67. The van der Waals surface area contributed by atoms with Crippen LogP contribution in [0.4, 0.5) is 13.6 Å². The number of hydrogen-bond acceptors (Lipinski definition) is 6. The van der Waals surface area contributed by atoms with Gasteiger partial charge in [0.15, 0.2) is 11.6 Å². The number of carbonyl (C=O) groups excluding carboxylic acids is 1. The normalized spacial score (nSPS) is 14.6. The summed E-state index contributed by atoms with van der Waals surface area (Å²) in [5.41, 5.74) is 1.96. The van der Waals surface area contributed by atoms with Gasteiger partial charge in [-0.1, -0.05) is 29.3 Å². The van der Waals surface area contributed by atoms with Gasteiger partial charge in [-0.2, -0.15) is 5.10 Å². The summed E-state index contributed by atoms with van der Waals surface area (Å²) < 4.78 is 67.3. The van der Waals surface area contributed by atoms with Gasteiger partial charge in [0.25, 0.3) is 10.0 Å². The minimum absolute atomic E-state index is 0.0917. The number of aromatic nitrogens is 2. The maximum atomic E-state index is 15.2. The number of sulfonamides is 1. The Labute approximate surface area is 221 Å². The lowest BCUT2D eigenvalue weighted by molar-refractivity contribution is 0.144. The van der Waals surface area contributed by atoms with Crippen LogP contribution in [0.15, 0.2) is 53.3 Å². The molecule has 0 unspecified atom stereocenters. The molecule has 2 aromatic carbocycles. The number of hydrogen-bond donors (Lipinski definition) is 2. The van der Waals surface area contributed by atoms with E-state index in [1.54, 1.807) is 33.8 Å². The van der Waals surface area contributed by atoms with Crippen LogP contribution in [-0.4, -0.2) is 44.5 Å². The van der Waals surface area contributed by atoms with Crippen molar-refractivity contribution in [1.29, 1.82) is 0 Å². The maximum Gasteiger partial charge on any atom is 0.329 e. The Morgan fingerprint density at radius 3 is 2.70 bits per heavy atom. The number of nitrogens with zero attached hydrogens (tertiary/aromatic N) is 2. The molecule has 0 fully saturated rings. The van der Waals surface area contributed by atoms with Gasteiger partial charge in [-0.15, -0.1) is 0 Å². The van der Waals surface area contributed by atoms with Crippen molar-refractivity contribution in [2.24, 2.45) is 0 Å². The molecule has 4 rings (SSSR count). The van der Waals surface area contributed by atoms with Gasteiger partial charge < -0.3 is 14.8 Å². The lowest BCUT2D eigenvalue weighted by Crippen LogP contribution is -2.40. The van der Waals surface area contributed by atoms with E-state index in [1.807, 2.05) is 0 Å². The average Bonchev–Trinajstić information content (AvgIpc) is 3.27. The fraction of sp³-hybridized carbons (Fsp3) is 0.217. The van der Waals surface area contributed by atoms with Crippen LogP contribution >= 0.6 is 23.2 Å². The molecule has 0 saturated carbocycles. The van der Waals surface area contributed by atoms with E-state index in [-0.39, 0.29) is 31.1 Å².